The maximum atomic E-state index is 3.81. The summed E-state index contributed by atoms with van der Waals surface area (Å²) in [6, 6.07) is 0. The molecule has 0 nitrogen and oxygen atoms in total. The van der Waals surface area contributed by atoms with Crippen LogP contribution in [0.2, 0.25) is 6.82 Å². The predicted molar refractivity (Wildman–Crippen MR) is 80.3 cm³/mol. The average molecular weight is 226 g/mol. The van der Waals surface area contributed by atoms with E-state index in [1.54, 1.807) is 0 Å². The molecule has 0 saturated heterocycles. The van der Waals surface area contributed by atoms with Crippen LogP contribution < -0.4 is 0 Å². The molecule has 1 heteroatoms. The van der Waals surface area contributed by atoms with Gasteiger partial charge in [0.1, 0.15) is 0 Å². The van der Waals surface area contributed by atoms with Crippen LogP contribution in [0.25, 0.3) is 0 Å². The summed E-state index contributed by atoms with van der Waals surface area (Å²) < 4.78 is 0. The first-order chi connectivity index (χ1) is 8.24. The first kappa shape index (κ1) is 13.8. The van der Waals surface area contributed by atoms with E-state index in [4.69, 9.17) is 0 Å². The molecule has 0 spiro atoms. The zero-order valence-corrected chi connectivity index (χ0v) is 11.1. The van der Waals surface area contributed by atoms with E-state index in [1.807, 2.05) is 6.08 Å². The molecular formula is C16H23B. The second-order valence-corrected chi connectivity index (χ2v) is 4.73. The van der Waals surface area contributed by atoms with Crippen molar-refractivity contribution >= 4 is 6.71 Å². The fourth-order valence-electron chi connectivity index (χ4n) is 1.80. The molecule has 0 fully saturated rings. The van der Waals surface area contributed by atoms with Gasteiger partial charge in [0.15, 0.2) is 6.71 Å². The molecule has 1 aliphatic rings. The lowest BCUT2D eigenvalue weighted by Gasteiger charge is -2.07. The predicted octanol–water partition coefficient (Wildman–Crippen LogP) is 4.79. The molecule has 0 saturated carbocycles. The first-order valence-corrected chi connectivity index (χ1v) is 6.56. The van der Waals surface area contributed by atoms with E-state index in [1.165, 1.54) is 5.47 Å². The highest BCUT2D eigenvalue weighted by Crippen LogP contribution is 2.12. The minimum atomic E-state index is 0.509. The van der Waals surface area contributed by atoms with E-state index in [0.29, 0.717) is 12.6 Å². The average Bonchev–Trinajstić information content (AvgIpc) is 2.28. The van der Waals surface area contributed by atoms with Crippen LogP contribution in [-0.2, 0) is 0 Å². The zero-order valence-electron chi connectivity index (χ0n) is 11.1. The molecule has 90 valence electrons. The van der Waals surface area contributed by atoms with Crippen molar-refractivity contribution in [2.75, 3.05) is 0 Å². The van der Waals surface area contributed by atoms with Crippen LogP contribution in [0.3, 0.4) is 0 Å². The normalized spacial score (nSPS) is 24.2. The summed E-state index contributed by atoms with van der Waals surface area (Å²) in [5.74, 6) is 2.88. The Balaban J connectivity index is 2.53. The molecule has 0 bridgehead atoms. The van der Waals surface area contributed by atoms with Gasteiger partial charge in [0, 0.05) is 0 Å². The molecule has 1 atom stereocenters. The van der Waals surface area contributed by atoms with Gasteiger partial charge >= 0.3 is 0 Å². The van der Waals surface area contributed by atoms with Crippen molar-refractivity contribution in [1.82, 2.24) is 0 Å². The van der Waals surface area contributed by atoms with Crippen molar-refractivity contribution in [3.05, 3.63) is 60.6 Å². The van der Waals surface area contributed by atoms with Crippen LogP contribution in [0, 0.1) is 5.92 Å². The number of hydrogen-bond acceptors (Lipinski definition) is 0. The van der Waals surface area contributed by atoms with E-state index in [0.717, 1.165) is 19.3 Å². The second-order valence-electron chi connectivity index (χ2n) is 4.73. The summed E-state index contributed by atoms with van der Waals surface area (Å²) in [6.07, 6.45) is 18.8. The van der Waals surface area contributed by atoms with Gasteiger partial charge in [-0.05, 0) is 25.2 Å². The van der Waals surface area contributed by atoms with Gasteiger partial charge in [0.25, 0.3) is 0 Å². The third kappa shape index (κ3) is 5.58. The van der Waals surface area contributed by atoms with Crippen LogP contribution in [-0.4, -0.2) is 6.71 Å². The fraction of sp³-hybridized carbons (Fsp3) is 0.375. The standard InChI is InChI=1S/C16H23B/c1-4-15(2)11-10-14-17(3)16-12-8-6-5-7-9-13-16/h4-6,8,10,12-15H,1,7,9,11H2,2-3H3/b6-5+,12-8-,14-10+,16-13+. The molecule has 0 aromatic heterocycles. The maximum Gasteiger partial charge on any atom is 0.197 e. The molecule has 0 aliphatic heterocycles. The monoisotopic (exact) mass is 226 g/mol. The molecule has 1 aliphatic carbocycles. The van der Waals surface area contributed by atoms with Crippen LogP contribution >= 0.6 is 0 Å². The maximum absolute atomic E-state index is 3.81. The minimum Gasteiger partial charge on any atom is -0.114 e. The molecule has 0 N–H and O–H groups in total. The topological polar surface area (TPSA) is 0 Å². The van der Waals surface area contributed by atoms with Gasteiger partial charge in [-0.1, -0.05) is 61.8 Å². The second kappa shape index (κ2) is 7.94. The van der Waals surface area contributed by atoms with Crippen LogP contribution in [0.4, 0.5) is 0 Å². The lowest BCUT2D eigenvalue weighted by Crippen LogP contribution is -2.07. The summed E-state index contributed by atoms with van der Waals surface area (Å²) in [5.41, 5.74) is 1.43. The minimum absolute atomic E-state index is 0.509. The number of hydrogen-bond donors (Lipinski definition) is 0. The Labute approximate surface area is 107 Å². The third-order valence-corrected chi connectivity index (χ3v) is 3.11. The highest BCUT2D eigenvalue weighted by molar-refractivity contribution is 6.71. The molecule has 0 aromatic carbocycles. The zero-order chi connectivity index (χ0) is 12.5. The lowest BCUT2D eigenvalue weighted by atomic mass is 9.46. The molecule has 0 aromatic rings. The number of rotatable bonds is 5. The summed E-state index contributed by atoms with van der Waals surface area (Å²) in [4.78, 5) is 0. The molecule has 1 rings (SSSR count). The molecule has 0 heterocycles. The van der Waals surface area contributed by atoms with Gasteiger partial charge in [-0.2, -0.15) is 0 Å². The van der Waals surface area contributed by atoms with E-state index < -0.39 is 0 Å². The van der Waals surface area contributed by atoms with E-state index in [9.17, 15) is 0 Å². The Bertz CT molecular complexity index is 345. The fourth-order valence-corrected chi connectivity index (χ4v) is 1.80. The van der Waals surface area contributed by atoms with Gasteiger partial charge in [0.2, 0.25) is 0 Å². The Hall–Kier alpha value is -1.24. The third-order valence-electron chi connectivity index (χ3n) is 3.11. The van der Waals surface area contributed by atoms with Gasteiger partial charge < -0.3 is 0 Å². The van der Waals surface area contributed by atoms with E-state index in [-0.39, 0.29) is 0 Å². The van der Waals surface area contributed by atoms with Gasteiger partial charge in [-0.3, -0.25) is 0 Å². The van der Waals surface area contributed by atoms with Crippen molar-refractivity contribution in [2.24, 2.45) is 5.92 Å². The van der Waals surface area contributed by atoms with Crippen molar-refractivity contribution in [3.8, 4) is 0 Å². The van der Waals surface area contributed by atoms with Gasteiger partial charge in [0.05, 0.1) is 0 Å². The van der Waals surface area contributed by atoms with Crippen molar-refractivity contribution in [1.29, 1.82) is 0 Å². The quantitative estimate of drug-likeness (QED) is 0.467. The molecular weight excluding hydrogens is 203 g/mol. The molecule has 0 amide bonds. The Morgan fingerprint density at radius 3 is 3.00 bits per heavy atom. The lowest BCUT2D eigenvalue weighted by molar-refractivity contribution is 0.747. The summed E-state index contributed by atoms with van der Waals surface area (Å²) in [5, 5.41) is 0. The van der Waals surface area contributed by atoms with Crippen molar-refractivity contribution in [3.63, 3.8) is 0 Å². The van der Waals surface area contributed by atoms with Crippen molar-refractivity contribution < 1.29 is 0 Å². The van der Waals surface area contributed by atoms with E-state index >= 15 is 0 Å². The molecule has 1 unspecified atom stereocenters. The van der Waals surface area contributed by atoms with Crippen LogP contribution in [0.1, 0.15) is 26.2 Å². The highest BCUT2D eigenvalue weighted by atomic mass is 13.9. The van der Waals surface area contributed by atoms with Gasteiger partial charge in [-0.25, -0.2) is 0 Å². The SMILES string of the molecule is C=CC(C)C/C=C/B(C)C1=C/CC/C=C/C=C\1. The van der Waals surface area contributed by atoms with Crippen molar-refractivity contribution in [2.45, 2.75) is 33.0 Å². The summed E-state index contributed by atoms with van der Waals surface area (Å²) >= 11 is 0. The Kier molecular flexibility index (Phi) is 6.46. The Morgan fingerprint density at radius 1 is 1.41 bits per heavy atom. The summed E-state index contributed by atoms with van der Waals surface area (Å²) in [6.45, 7) is 8.77. The van der Waals surface area contributed by atoms with Crippen LogP contribution in [0.5, 0.6) is 0 Å². The smallest absolute Gasteiger partial charge is 0.114 e. The summed E-state index contributed by atoms with van der Waals surface area (Å²) in [7, 11) is 0. The molecule has 0 radical (unpaired) electrons. The first-order valence-electron chi connectivity index (χ1n) is 6.56. The highest BCUT2D eigenvalue weighted by Gasteiger charge is 2.06. The largest absolute Gasteiger partial charge is 0.197 e. The van der Waals surface area contributed by atoms with E-state index in [2.05, 4.69) is 62.8 Å². The van der Waals surface area contributed by atoms with Crippen LogP contribution in [0.15, 0.2) is 60.6 Å². The number of allylic oxidation sites excluding steroid dienone is 8. The van der Waals surface area contributed by atoms with Gasteiger partial charge in [-0.15, -0.1) is 12.6 Å². The molecule has 17 heavy (non-hydrogen) atoms. The Morgan fingerprint density at radius 2 is 2.24 bits per heavy atom.